The van der Waals surface area contributed by atoms with E-state index in [4.69, 9.17) is 5.73 Å². The zero-order chi connectivity index (χ0) is 12.9. The molecule has 0 aromatic heterocycles. The van der Waals surface area contributed by atoms with Gasteiger partial charge in [0.1, 0.15) is 10.7 Å². The Labute approximate surface area is 109 Å². The van der Waals surface area contributed by atoms with Crippen LogP contribution in [0, 0.1) is 5.82 Å². The Morgan fingerprint density at radius 1 is 1.35 bits per heavy atom. The summed E-state index contributed by atoms with van der Waals surface area (Å²) in [5.74, 6) is -0.764. The van der Waals surface area contributed by atoms with Crippen LogP contribution < -0.4 is 10.5 Å². The van der Waals surface area contributed by atoms with Gasteiger partial charge in [0.2, 0.25) is 10.0 Å². The van der Waals surface area contributed by atoms with Gasteiger partial charge in [-0.15, -0.1) is 0 Å². The molecule has 0 heterocycles. The molecule has 1 aromatic rings. The fraction of sp³-hybridized carbons (Fsp3) is 0.400. The van der Waals surface area contributed by atoms with Crippen molar-refractivity contribution in [2.24, 2.45) is 5.73 Å². The molecule has 0 aliphatic heterocycles. The highest BCUT2D eigenvalue weighted by Crippen LogP contribution is 2.19. The number of hydrogen-bond donors (Lipinski definition) is 2. The van der Waals surface area contributed by atoms with Crippen LogP contribution in [0.4, 0.5) is 4.39 Å². The van der Waals surface area contributed by atoms with E-state index < -0.39 is 15.8 Å². The Balaban J connectivity index is 2.79. The molecule has 0 spiro atoms. The molecule has 3 N–H and O–H groups in total. The molecule has 0 saturated carbocycles. The monoisotopic (exact) mass is 324 g/mol. The standard InChI is InChI=1S/C10H14BrFN2O2S/c11-8-3-4-9(12)10(7-8)17(15,16)14-6-2-1-5-13/h3-4,7,14H,1-2,5-6,13H2. The van der Waals surface area contributed by atoms with Crippen molar-refractivity contribution >= 4 is 26.0 Å². The fourth-order valence-corrected chi connectivity index (χ4v) is 2.92. The molecule has 7 heteroatoms. The largest absolute Gasteiger partial charge is 0.330 e. The fourth-order valence-electron chi connectivity index (χ4n) is 1.24. The topological polar surface area (TPSA) is 72.2 Å². The zero-order valence-electron chi connectivity index (χ0n) is 9.12. The average Bonchev–Trinajstić information content (AvgIpc) is 2.28. The van der Waals surface area contributed by atoms with Crippen LogP contribution in [0.3, 0.4) is 0 Å². The van der Waals surface area contributed by atoms with E-state index in [1.807, 2.05) is 0 Å². The lowest BCUT2D eigenvalue weighted by molar-refractivity contribution is 0.554. The Kier molecular flexibility index (Phi) is 5.51. The predicted octanol–water partition coefficient (Wildman–Crippen LogP) is 1.61. The second kappa shape index (κ2) is 6.44. The van der Waals surface area contributed by atoms with E-state index in [0.29, 0.717) is 17.4 Å². The number of halogens is 2. The van der Waals surface area contributed by atoms with Gasteiger partial charge >= 0.3 is 0 Å². The maximum Gasteiger partial charge on any atom is 0.243 e. The molecular formula is C10H14BrFN2O2S. The molecule has 1 rings (SSSR count). The summed E-state index contributed by atoms with van der Waals surface area (Å²) >= 11 is 3.11. The third-order valence-electron chi connectivity index (χ3n) is 2.11. The van der Waals surface area contributed by atoms with Crippen molar-refractivity contribution in [3.05, 3.63) is 28.5 Å². The van der Waals surface area contributed by atoms with Crippen molar-refractivity contribution in [1.29, 1.82) is 0 Å². The van der Waals surface area contributed by atoms with E-state index in [9.17, 15) is 12.8 Å². The molecule has 0 bridgehead atoms. The van der Waals surface area contributed by atoms with Crippen molar-refractivity contribution < 1.29 is 12.8 Å². The van der Waals surface area contributed by atoms with Gasteiger partial charge in [-0.25, -0.2) is 17.5 Å². The average molecular weight is 325 g/mol. The van der Waals surface area contributed by atoms with E-state index in [1.165, 1.54) is 12.1 Å². The number of unbranched alkanes of at least 4 members (excludes halogenated alkanes) is 1. The molecule has 17 heavy (non-hydrogen) atoms. The van der Waals surface area contributed by atoms with E-state index >= 15 is 0 Å². The number of hydrogen-bond acceptors (Lipinski definition) is 3. The third kappa shape index (κ3) is 4.34. The minimum atomic E-state index is -3.79. The van der Waals surface area contributed by atoms with Crippen LogP contribution in [0.1, 0.15) is 12.8 Å². The van der Waals surface area contributed by atoms with Gasteiger partial charge in [-0.1, -0.05) is 15.9 Å². The van der Waals surface area contributed by atoms with Gasteiger partial charge in [-0.3, -0.25) is 0 Å². The van der Waals surface area contributed by atoms with Crippen LogP contribution in [-0.4, -0.2) is 21.5 Å². The second-order valence-corrected chi connectivity index (χ2v) is 6.12. The molecular weight excluding hydrogens is 311 g/mol. The Hall–Kier alpha value is -0.500. The Morgan fingerprint density at radius 2 is 2.06 bits per heavy atom. The third-order valence-corrected chi connectivity index (χ3v) is 4.08. The molecule has 0 amide bonds. The lowest BCUT2D eigenvalue weighted by Gasteiger charge is -2.07. The van der Waals surface area contributed by atoms with Crippen molar-refractivity contribution in [3.63, 3.8) is 0 Å². The summed E-state index contributed by atoms with van der Waals surface area (Å²) in [4.78, 5) is -0.348. The van der Waals surface area contributed by atoms with Crippen LogP contribution in [-0.2, 0) is 10.0 Å². The van der Waals surface area contributed by atoms with Gasteiger partial charge in [-0.05, 0) is 37.6 Å². The molecule has 0 saturated heterocycles. The van der Waals surface area contributed by atoms with E-state index in [-0.39, 0.29) is 11.4 Å². The summed E-state index contributed by atoms with van der Waals surface area (Å²) < 4.78 is 39.8. The highest BCUT2D eigenvalue weighted by molar-refractivity contribution is 9.10. The van der Waals surface area contributed by atoms with E-state index in [1.54, 1.807) is 0 Å². The quantitative estimate of drug-likeness (QED) is 0.781. The van der Waals surface area contributed by atoms with Crippen molar-refractivity contribution in [2.75, 3.05) is 13.1 Å². The minimum absolute atomic E-state index is 0.255. The maximum atomic E-state index is 13.4. The predicted molar refractivity (Wildman–Crippen MR) is 67.6 cm³/mol. The van der Waals surface area contributed by atoms with Crippen LogP contribution >= 0.6 is 15.9 Å². The lowest BCUT2D eigenvalue weighted by Crippen LogP contribution is -2.26. The molecule has 0 aliphatic carbocycles. The van der Waals surface area contributed by atoms with Gasteiger partial charge in [0.15, 0.2) is 0 Å². The first-order valence-corrected chi connectivity index (χ1v) is 7.40. The van der Waals surface area contributed by atoms with Gasteiger partial charge in [0, 0.05) is 11.0 Å². The van der Waals surface area contributed by atoms with Gasteiger partial charge in [0.25, 0.3) is 0 Å². The normalized spacial score (nSPS) is 11.7. The first-order chi connectivity index (χ1) is 7.97. The molecule has 96 valence electrons. The summed E-state index contributed by atoms with van der Waals surface area (Å²) in [6.07, 6.45) is 1.36. The number of rotatable bonds is 6. The molecule has 0 aliphatic rings. The Morgan fingerprint density at radius 3 is 2.71 bits per heavy atom. The Bertz CT molecular complexity index is 479. The van der Waals surface area contributed by atoms with Crippen molar-refractivity contribution in [3.8, 4) is 0 Å². The number of benzene rings is 1. The van der Waals surface area contributed by atoms with Gasteiger partial charge in [-0.2, -0.15) is 0 Å². The summed E-state index contributed by atoms with van der Waals surface area (Å²) in [5, 5.41) is 0. The molecule has 0 atom stereocenters. The molecule has 1 aromatic carbocycles. The lowest BCUT2D eigenvalue weighted by atomic mass is 10.3. The summed E-state index contributed by atoms with van der Waals surface area (Å²) in [6, 6.07) is 3.79. The number of nitrogens with one attached hydrogen (secondary N) is 1. The second-order valence-electron chi connectivity index (χ2n) is 3.47. The molecule has 0 unspecified atom stereocenters. The van der Waals surface area contributed by atoms with Gasteiger partial charge in [0.05, 0.1) is 0 Å². The smallest absolute Gasteiger partial charge is 0.243 e. The summed E-state index contributed by atoms with van der Waals surface area (Å²) in [5.41, 5.74) is 5.29. The summed E-state index contributed by atoms with van der Waals surface area (Å²) in [7, 11) is -3.79. The molecule has 4 nitrogen and oxygen atoms in total. The van der Waals surface area contributed by atoms with Crippen molar-refractivity contribution in [1.82, 2.24) is 4.72 Å². The maximum absolute atomic E-state index is 13.4. The van der Waals surface area contributed by atoms with Crippen LogP contribution in [0.2, 0.25) is 0 Å². The molecule has 0 fully saturated rings. The molecule has 0 radical (unpaired) electrons. The summed E-state index contributed by atoms with van der Waals surface area (Å²) in [6.45, 7) is 0.762. The minimum Gasteiger partial charge on any atom is -0.330 e. The van der Waals surface area contributed by atoms with Crippen molar-refractivity contribution in [2.45, 2.75) is 17.7 Å². The highest BCUT2D eigenvalue weighted by Gasteiger charge is 2.18. The van der Waals surface area contributed by atoms with Crippen LogP contribution in [0.15, 0.2) is 27.6 Å². The first kappa shape index (κ1) is 14.6. The van der Waals surface area contributed by atoms with E-state index in [2.05, 4.69) is 20.7 Å². The zero-order valence-corrected chi connectivity index (χ0v) is 11.5. The van der Waals surface area contributed by atoms with Gasteiger partial charge < -0.3 is 5.73 Å². The van der Waals surface area contributed by atoms with Crippen LogP contribution in [0.25, 0.3) is 0 Å². The SMILES string of the molecule is NCCCCNS(=O)(=O)c1cc(Br)ccc1F. The first-order valence-electron chi connectivity index (χ1n) is 5.12. The van der Waals surface area contributed by atoms with E-state index in [0.717, 1.165) is 12.5 Å². The highest BCUT2D eigenvalue weighted by atomic mass is 79.9. The van der Waals surface area contributed by atoms with Crippen LogP contribution in [0.5, 0.6) is 0 Å². The number of sulfonamides is 1. The number of nitrogens with two attached hydrogens (primary N) is 1.